The van der Waals surface area contributed by atoms with Crippen LogP contribution < -0.4 is 10.5 Å². The van der Waals surface area contributed by atoms with Crippen LogP contribution in [-0.4, -0.2) is 31.0 Å². The number of halogens is 2. The van der Waals surface area contributed by atoms with Crippen molar-refractivity contribution in [3.8, 4) is 16.9 Å². The zero-order chi connectivity index (χ0) is 28.7. The standard InChI is InChI=1S/C33H39F2NO4/c1-33(2,3)40-31(37)19-24-8-4-5-12-30(24)39-21-23-16-22(13-14-26-9-7-15-38-26)17-25(18-23)27-10-6-11-28(32(27)35)29(36)20-34/h4-6,8,10-12,16-18,26,29H,7,9,13-15,19-21,36H2,1-3H3/t26-,29?/m0/s1. The average molecular weight is 552 g/mol. The highest BCUT2D eigenvalue weighted by atomic mass is 19.1. The van der Waals surface area contributed by atoms with E-state index >= 15 is 4.39 Å². The molecule has 1 heterocycles. The molecule has 0 radical (unpaired) electrons. The van der Waals surface area contributed by atoms with Gasteiger partial charge in [0, 0.05) is 23.3 Å². The van der Waals surface area contributed by atoms with Gasteiger partial charge in [0.1, 0.15) is 30.4 Å². The van der Waals surface area contributed by atoms with E-state index in [9.17, 15) is 9.18 Å². The summed E-state index contributed by atoms with van der Waals surface area (Å²) in [6.45, 7) is 5.67. The first kappa shape index (κ1) is 29.7. The van der Waals surface area contributed by atoms with Crippen molar-refractivity contribution in [2.24, 2.45) is 5.73 Å². The molecule has 0 amide bonds. The van der Waals surface area contributed by atoms with Gasteiger partial charge in [-0.15, -0.1) is 0 Å². The van der Waals surface area contributed by atoms with Gasteiger partial charge in [-0.05, 0) is 75.3 Å². The van der Waals surface area contributed by atoms with Gasteiger partial charge in [-0.2, -0.15) is 0 Å². The number of alkyl halides is 1. The highest BCUT2D eigenvalue weighted by Gasteiger charge is 2.20. The number of esters is 1. The third kappa shape index (κ3) is 8.12. The van der Waals surface area contributed by atoms with E-state index in [2.05, 4.69) is 6.07 Å². The van der Waals surface area contributed by atoms with Crippen LogP contribution in [0.15, 0.2) is 60.7 Å². The zero-order valence-electron chi connectivity index (χ0n) is 23.6. The summed E-state index contributed by atoms with van der Waals surface area (Å²) in [7, 11) is 0. The Morgan fingerprint density at radius 3 is 2.60 bits per heavy atom. The molecule has 0 saturated carbocycles. The Morgan fingerprint density at radius 2 is 1.88 bits per heavy atom. The second kappa shape index (κ2) is 13.4. The summed E-state index contributed by atoms with van der Waals surface area (Å²) in [4.78, 5) is 12.5. The molecular formula is C33H39F2NO4. The molecule has 5 nitrogen and oxygen atoms in total. The molecule has 3 aromatic rings. The van der Waals surface area contributed by atoms with Crippen LogP contribution >= 0.6 is 0 Å². The molecule has 1 saturated heterocycles. The van der Waals surface area contributed by atoms with Crippen LogP contribution in [0.1, 0.15) is 68.3 Å². The Kier molecular flexibility index (Phi) is 9.93. The minimum Gasteiger partial charge on any atom is -0.489 e. The number of carbonyl (C=O) groups is 1. The third-order valence-electron chi connectivity index (χ3n) is 6.86. The molecule has 4 rings (SSSR count). The van der Waals surface area contributed by atoms with Gasteiger partial charge in [0.25, 0.3) is 0 Å². The lowest BCUT2D eigenvalue weighted by Gasteiger charge is -2.20. The molecular weight excluding hydrogens is 512 g/mol. The number of hydrogen-bond donors (Lipinski definition) is 1. The summed E-state index contributed by atoms with van der Waals surface area (Å²) < 4.78 is 46.2. The topological polar surface area (TPSA) is 70.8 Å². The van der Waals surface area contributed by atoms with Crippen LogP contribution in [0.25, 0.3) is 11.1 Å². The van der Waals surface area contributed by atoms with Crippen molar-refractivity contribution in [2.45, 2.75) is 77.2 Å². The second-order valence-electron chi connectivity index (χ2n) is 11.3. The van der Waals surface area contributed by atoms with Crippen LogP contribution in [-0.2, 0) is 33.7 Å². The maximum Gasteiger partial charge on any atom is 0.310 e. The molecule has 0 bridgehead atoms. The van der Waals surface area contributed by atoms with E-state index in [1.165, 1.54) is 6.07 Å². The molecule has 214 valence electrons. The lowest BCUT2D eigenvalue weighted by Crippen LogP contribution is -2.25. The van der Waals surface area contributed by atoms with Gasteiger partial charge in [-0.3, -0.25) is 4.79 Å². The van der Waals surface area contributed by atoms with Gasteiger partial charge in [-0.1, -0.05) is 48.5 Å². The smallest absolute Gasteiger partial charge is 0.310 e. The molecule has 40 heavy (non-hydrogen) atoms. The van der Waals surface area contributed by atoms with Crippen LogP contribution in [0, 0.1) is 5.82 Å². The fraction of sp³-hybridized carbons (Fsp3) is 0.424. The SMILES string of the molecule is CC(C)(C)OC(=O)Cc1ccccc1OCc1cc(CC[C@@H]2CCCO2)cc(-c2cccc(C(N)CF)c2F)c1. The molecule has 2 N–H and O–H groups in total. The third-order valence-corrected chi connectivity index (χ3v) is 6.86. The first-order chi connectivity index (χ1) is 19.1. The Labute approximate surface area is 235 Å². The van der Waals surface area contributed by atoms with Crippen LogP contribution in [0.2, 0.25) is 0 Å². The predicted octanol–water partition coefficient (Wildman–Crippen LogP) is 7.04. The number of carbonyl (C=O) groups excluding carboxylic acids is 1. The van der Waals surface area contributed by atoms with Crippen molar-refractivity contribution >= 4 is 5.97 Å². The van der Waals surface area contributed by atoms with Gasteiger partial charge in [0.2, 0.25) is 0 Å². The number of aryl methyl sites for hydroxylation is 1. The van der Waals surface area contributed by atoms with Gasteiger partial charge >= 0.3 is 5.97 Å². The van der Waals surface area contributed by atoms with Crippen LogP contribution in [0.5, 0.6) is 5.75 Å². The van der Waals surface area contributed by atoms with E-state index < -0.39 is 24.1 Å². The Morgan fingerprint density at radius 1 is 1.10 bits per heavy atom. The Hall–Kier alpha value is -3.29. The van der Waals surface area contributed by atoms with Crippen molar-refractivity contribution in [1.82, 2.24) is 0 Å². The van der Waals surface area contributed by atoms with Crippen LogP contribution in [0.3, 0.4) is 0 Å². The minimum atomic E-state index is -1.02. The van der Waals surface area contributed by atoms with E-state index in [-0.39, 0.29) is 30.7 Å². The fourth-order valence-corrected chi connectivity index (χ4v) is 4.97. The zero-order valence-corrected chi connectivity index (χ0v) is 23.6. The summed E-state index contributed by atoms with van der Waals surface area (Å²) >= 11 is 0. The molecule has 0 aromatic heterocycles. The van der Waals surface area contributed by atoms with Gasteiger partial charge in [-0.25, -0.2) is 8.78 Å². The van der Waals surface area contributed by atoms with Gasteiger partial charge in [0.05, 0.1) is 18.6 Å². The first-order valence-electron chi connectivity index (χ1n) is 13.9. The molecule has 0 aliphatic carbocycles. The fourth-order valence-electron chi connectivity index (χ4n) is 4.97. The quantitative estimate of drug-likeness (QED) is 0.259. The summed E-state index contributed by atoms with van der Waals surface area (Å²) in [6.07, 6.45) is 4.07. The number of rotatable bonds is 11. The van der Waals surface area contributed by atoms with E-state index in [0.717, 1.165) is 49.0 Å². The molecule has 1 aliphatic heterocycles. The van der Waals surface area contributed by atoms with E-state index in [1.807, 2.05) is 57.2 Å². The Balaban J connectivity index is 1.59. The lowest BCUT2D eigenvalue weighted by atomic mass is 9.94. The lowest BCUT2D eigenvalue weighted by molar-refractivity contribution is -0.153. The summed E-state index contributed by atoms with van der Waals surface area (Å²) in [5, 5.41) is 0. The molecule has 0 spiro atoms. The van der Waals surface area contributed by atoms with Crippen molar-refractivity contribution in [3.63, 3.8) is 0 Å². The monoisotopic (exact) mass is 551 g/mol. The Bertz CT molecular complexity index is 1300. The minimum absolute atomic E-state index is 0.0902. The van der Waals surface area contributed by atoms with Crippen molar-refractivity contribution in [3.05, 3.63) is 88.7 Å². The summed E-state index contributed by atoms with van der Waals surface area (Å²) in [5.74, 6) is -0.260. The molecule has 1 unspecified atom stereocenters. The predicted molar refractivity (Wildman–Crippen MR) is 152 cm³/mol. The highest BCUT2D eigenvalue weighted by Crippen LogP contribution is 2.31. The molecule has 3 aromatic carbocycles. The molecule has 1 fully saturated rings. The summed E-state index contributed by atoms with van der Waals surface area (Å²) in [5.41, 5.74) is 9.07. The molecule has 1 aliphatic rings. The highest BCUT2D eigenvalue weighted by molar-refractivity contribution is 5.74. The first-order valence-corrected chi connectivity index (χ1v) is 13.9. The van der Waals surface area contributed by atoms with Gasteiger partial charge in [0.15, 0.2) is 0 Å². The molecule has 7 heteroatoms. The maximum atomic E-state index is 15.5. The van der Waals surface area contributed by atoms with Crippen LogP contribution in [0.4, 0.5) is 8.78 Å². The number of hydrogen-bond acceptors (Lipinski definition) is 5. The number of benzene rings is 3. The largest absolute Gasteiger partial charge is 0.489 e. The number of nitrogens with two attached hydrogens (primary N) is 1. The number of ether oxygens (including phenoxy) is 3. The van der Waals surface area contributed by atoms with Crippen molar-refractivity contribution in [2.75, 3.05) is 13.3 Å². The second-order valence-corrected chi connectivity index (χ2v) is 11.3. The number of para-hydroxylation sites is 1. The average Bonchev–Trinajstić information content (AvgIpc) is 3.44. The van der Waals surface area contributed by atoms with Crippen molar-refractivity contribution in [1.29, 1.82) is 0 Å². The van der Waals surface area contributed by atoms with E-state index in [0.29, 0.717) is 16.9 Å². The van der Waals surface area contributed by atoms with Crippen molar-refractivity contribution < 1.29 is 27.8 Å². The maximum absolute atomic E-state index is 15.5. The molecule has 2 atom stereocenters. The van der Waals surface area contributed by atoms with Gasteiger partial charge < -0.3 is 19.9 Å². The van der Waals surface area contributed by atoms with E-state index in [1.54, 1.807) is 12.1 Å². The summed E-state index contributed by atoms with van der Waals surface area (Å²) in [6, 6.07) is 17.2. The normalized spacial score (nSPS) is 16.1. The van der Waals surface area contributed by atoms with E-state index in [4.69, 9.17) is 19.9 Å².